The molecule has 0 unspecified atom stereocenters. The molecule has 0 aromatic heterocycles. The van der Waals surface area contributed by atoms with E-state index in [9.17, 15) is 4.79 Å². The molecule has 3 N–H and O–H groups in total. The molecule has 0 bridgehead atoms. The van der Waals surface area contributed by atoms with Gasteiger partial charge < -0.3 is 15.8 Å². The van der Waals surface area contributed by atoms with Gasteiger partial charge in [-0.2, -0.15) is 0 Å². The Kier molecular flexibility index (Phi) is 4.20. The number of para-hydroxylation sites is 1. The van der Waals surface area contributed by atoms with Crippen molar-refractivity contribution < 1.29 is 9.53 Å². The summed E-state index contributed by atoms with van der Waals surface area (Å²) in [6.07, 6.45) is 3.35. The van der Waals surface area contributed by atoms with Crippen LogP contribution in [0.4, 0.5) is 5.69 Å². The molecule has 4 nitrogen and oxygen atoms in total. The zero-order chi connectivity index (χ0) is 13.0. The fourth-order valence-electron chi connectivity index (χ4n) is 2.19. The SMILES string of the molecule is COC1CC(NC(=O)CCc2ccccc2N)C1. The monoisotopic (exact) mass is 248 g/mol. The first-order valence-electron chi connectivity index (χ1n) is 6.34. The summed E-state index contributed by atoms with van der Waals surface area (Å²) in [6.45, 7) is 0. The molecule has 1 saturated carbocycles. The van der Waals surface area contributed by atoms with Crippen molar-refractivity contribution in [3.63, 3.8) is 0 Å². The lowest BCUT2D eigenvalue weighted by Gasteiger charge is -2.34. The minimum absolute atomic E-state index is 0.0952. The Hall–Kier alpha value is -1.55. The largest absolute Gasteiger partial charge is 0.399 e. The van der Waals surface area contributed by atoms with Crippen molar-refractivity contribution in [1.29, 1.82) is 0 Å². The van der Waals surface area contributed by atoms with E-state index in [1.807, 2.05) is 24.3 Å². The highest BCUT2D eigenvalue weighted by Gasteiger charge is 2.29. The maximum atomic E-state index is 11.7. The molecular weight excluding hydrogens is 228 g/mol. The summed E-state index contributed by atoms with van der Waals surface area (Å²) in [4.78, 5) is 11.7. The number of carbonyl (C=O) groups is 1. The van der Waals surface area contributed by atoms with Gasteiger partial charge in [0.2, 0.25) is 5.91 Å². The fourth-order valence-corrected chi connectivity index (χ4v) is 2.19. The number of hydrogen-bond acceptors (Lipinski definition) is 3. The molecule has 0 spiro atoms. The summed E-state index contributed by atoms with van der Waals surface area (Å²) in [5, 5.41) is 3.01. The molecule has 1 aromatic rings. The van der Waals surface area contributed by atoms with Crippen LogP contribution in [-0.4, -0.2) is 25.2 Å². The van der Waals surface area contributed by atoms with Crippen molar-refractivity contribution in [3.05, 3.63) is 29.8 Å². The van der Waals surface area contributed by atoms with Crippen molar-refractivity contribution >= 4 is 11.6 Å². The van der Waals surface area contributed by atoms with E-state index in [-0.39, 0.29) is 11.9 Å². The van der Waals surface area contributed by atoms with Gasteiger partial charge in [0, 0.05) is 25.3 Å². The average molecular weight is 248 g/mol. The minimum Gasteiger partial charge on any atom is -0.399 e. The standard InChI is InChI=1S/C14H20N2O2/c1-18-12-8-11(9-12)16-14(17)7-6-10-4-2-3-5-13(10)15/h2-5,11-12H,6-9,15H2,1H3,(H,16,17). The van der Waals surface area contributed by atoms with E-state index < -0.39 is 0 Å². The van der Waals surface area contributed by atoms with Gasteiger partial charge in [0.25, 0.3) is 0 Å². The van der Waals surface area contributed by atoms with Crippen LogP contribution in [0, 0.1) is 0 Å². The molecule has 1 aliphatic carbocycles. The van der Waals surface area contributed by atoms with E-state index in [1.165, 1.54) is 0 Å². The van der Waals surface area contributed by atoms with Crippen LogP contribution in [0.5, 0.6) is 0 Å². The van der Waals surface area contributed by atoms with Crippen molar-refractivity contribution in [2.24, 2.45) is 0 Å². The van der Waals surface area contributed by atoms with E-state index >= 15 is 0 Å². The molecule has 0 saturated heterocycles. The van der Waals surface area contributed by atoms with Crippen LogP contribution in [0.3, 0.4) is 0 Å². The number of nitrogens with two attached hydrogens (primary N) is 1. The number of aryl methyl sites for hydroxylation is 1. The van der Waals surface area contributed by atoms with Crippen molar-refractivity contribution in [3.8, 4) is 0 Å². The Morgan fingerprint density at radius 1 is 1.44 bits per heavy atom. The highest BCUT2D eigenvalue weighted by molar-refractivity contribution is 5.76. The lowest BCUT2D eigenvalue weighted by molar-refractivity contribution is -0.123. The lowest BCUT2D eigenvalue weighted by Crippen LogP contribution is -2.47. The predicted molar refractivity (Wildman–Crippen MR) is 71.1 cm³/mol. The van der Waals surface area contributed by atoms with Gasteiger partial charge in [0.05, 0.1) is 6.10 Å². The van der Waals surface area contributed by atoms with Crippen molar-refractivity contribution in [1.82, 2.24) is 5.32 Å². The summed E-state index contributed by atoms with van der Waals surface area (Å²) in [5.41, 5.74) is 7.63. The normalized spacial score (nSPS) is 22.3. The smallest absolute Gasteiger partial charge is 0.220 e. The first-order chi connectivity index (χ1) is 8.69. The second-order valence-corrected chi connectivity index (χ2v) is 4.79. The van der Waals surface area contributed by atoms with Gasteiger partial charge in [-0.05, 0) is 30.9 Å². The highest BCUT2D eigenvalue weighted by Crippen LogP contribution is 2.22. The molecule has 0 atom stereocenters. The topological polar surface area (TPSA) is 64.3 Å². The molecule has 1 amide bonds. The number of ether oxygens (including phenoxy) is 1. The molecular formula is C14H20N2O2. The number of benzene rings is 1. The molecule has 1 fully saturated rings. The number of carbonyl (C=O) groups excluding carboxylic acids is 1. The van der Waals surface area contributed by atoms with Crippen LogP contribution < -0.4 is 11.1 Å². The fraction of sp³-hybridized carbons (Fsp3) is 0.500. The summed E-state index contributed by atoms with van der Waals surface area (Å²) in [6, 6.07) is 7.96. The van der Waals surface area contributed by atoms with Gasteiger partial charge in [-0.15, -0.1) is 0 Å². The van der Waals surface area contributed by atoms with Gasteiger partial charge >= 0.3 is 0 Å². The first kappa shape index (κ1) is 12.9. The van der Waals surface area contributed by atoms with Crippen LogP contribution in [0.2, 0.25) is 0 Å². The molecule has 0 aliphatic heterocycles. The van der Waals surface area contributed by atoms with Gasteiger partial charge in [-0.25, -0.2) is 0 Å². The second kappa shape index (κ2) is 5.87. The third kappa shape index (κ3) is 3.23. The summed E-state index contributed by atoms with van der Waals surface area (Å²) in [7, 11) is 1.71. The van der Waals surface area contributed by atoms with Gasteiger partial charge in [0.1, 0.15) is 0 Å². The molecule has 18 heavy (non-hydrogen) atoms. The summed E-state index contributed by atoms with van der Waals surface area (Å²) < 4.78 is 5.18. The van der Waals surface area contributed by atoms with Crippen LogP contribution in [0.1, 0.15) is 24.8 Å². The predicted octanol–water partition coefficient (Wildman–Crippen LogP) is 1.49. The zero-order valence-corrected chi connectivity index (χ0v) is 10.7. The molecule has 0 radical (unpaired) electrons. The third-order valence-corrected chi connectivity index (χ3v) is 3.47. The second-order valence-electron chi connectivity index (χ2n) is 4.79. The van der Waals surface area contributed by atoms with Crippen molar-refractivity contribution in [2.45, 2.75) is 37.8 Å². The van der Waals surface area contributed by atoms with Crippen molar-refractivity contribution in [2.75, 3.05) is 12.8 Å². The van der Waals surface area contributed by atoms with Gasteiger partial charge in [0.15, 0.2) is 0 Å². The number of hydrogen-bond donors (Lipinski definition) is 2. The summed E-state index contributed by atoms with van der Waals surface area (Å²) >= 11 is 0. The molecule has 0 heterocycles. The Morgan fingerprint density at radius 3 is 2.83 bits per heavy atom. The maximum absolute atomic E-state index is 11.7. The quantitative estimate of drug-likeness (QED) is 0.776. The van der Waals surface area contributed by atoms with Crippen LogP contribution in [-0.2, 0) is 16.0 Å². The average Bonchev–Trinajstić information content (AvgIpc) is 2.32. The Labute approximate surface area is 108 Å². The molecule has 1 aliphatic rings. The van der Waals surface area contributed by atoms with E-state index in [0.717, 1.165) is 24.1 Å². The number of amides is 1. The number of methoxy groups -OCH3 is 1. The molecule has 98 valence electrons. The van der Waals surface area contributed by atoms with E-state index in [4.69, 9.17) is 10.5 Å². The number of rotatable bonds is 5. The lowest BCUT2D eigenvalue weighted by atomic mass is 9.89. The first-order valence-corrected chi connectivity index (χ1v) is 6.34. The van der Waals surface area contributed by atoms with Crippen LogP contribution >= 0.6 is 0 Å². The minimum atomic E-state index is 0.0952. The number of nitrogen functional groups attached to an aromatic ring is 1. The van der Waals surface area contributed by atoms with E-state index in [1.54, 1.807) is 7.11 Å². The molecule has 4 heteroatoms. The van der Waals surface area contributed by atoms with E-state index in [2.05, 4.69) is 5.32 Å². The highest BCUT2D eigenvalue weighted by atomic mass is 16.5. The van der Waals surface area contributed by atoms with Crippen LogP contribution in [0.25, 0.3) is 0 Å². The molecule has 2 rings (SSSR count). The third-order valence-electron chi connectivity index (χ3n) is 3.47. The van der Waals surface area contributed by atoms with E-state index in [0.29, 0.717) is 18.9 Å². The Bertz CT molecular complexity index is 414. The van der Waals surface area contributed by atoms with Gasteiger partial charge in [-0.3, -0.25) is 4.79 Å². The number of nitrogens with one attached hydrogen (secondary N) is 1. The summed E-state index contributed by atoms with van der Waals surface area (Å²) in [5.74, 6) is 0.0952. The van der Waals surface area contributed by atoms with Crippen LogP contribution in [0.15, 0.2) is 24.3 Å². The number of anilines is 1. The Balaban J connectivity index is 1.71. The van der Waals surface area contributed by atoms with Gasteiger partial charge in [-0.1, -0.05) is 18.2 Å². The molecule has 1 aromatic carbocycles. The Morgan fingerprint density at radius 2 is 2.17 bits per heavy atom. The zero-order valence-electron chi connectivity index (χ0n) is 10.7. The maximum Gasteiger partial charge on any atom is 0.220 e.